The highest BCUT2D eigenvalue weighted by Gasteiger charge is 2.20. The zero-order valence-electron chi connectivity index (χ0n) is 14.3. The number of hydrogen-bond donors (Lipinski definition) is 1. The highest BCUT2D eigenvalue weighted by atomic mass is 19.1. The van der Waals surface area contributed by atoms with Crippen molar-refractivity contribution in [3.05, 3.63) is 77.4 Å². The Bertz CT molecular complexity index is 924. The minimum atomic E-state index is -0.293. The molecular weight excluding hydrogens is 334 g/mol. The maximum Gasteiger partial charge on any atom is 0.238 e. The quantitative estimate of drug-likeness (QED) is 0.734. The number of halogens is 2. The van der Waals surface area contributed by atoms with Gasteiger partial charge in [-0.25, -0.2) is 13.8 Å². The number of pyridine rings is 1. The van der Waals surface area contributed by atoms with Crippen molar-refractivity contribution in [1.29, 1.82) is 0 Å². The number of anilines is 1. The second-order valence-electron chi connectivity index (χ2n) is 6.52. The molecule has 1 aliphatic heterocycles. The van der Waals surface area contributed by atoms with Crippen molar-refractivity contribution in [1.82, 2.24) is 4.98 Å². The summed E-state index contributed by atoms with van der Waals surface area (Å²) in [6.07, 6.45) is 0.587. The molecule has 0 radical (unpaired) electrons. The summed E-state index contributed by atoms with van der Waals surface area (Å²) in [5.41, 5.74) is 4.33. The van der Waals surface area contributed by atoms with E-state index in [1.807, 2.05) is 13.0 Å². The van der Waals surface area contributed by atoms with Crippen molar-refractivity contribution in [3.8, 4) is 17.1 Å². The highest BCUT2D eigenvalue weighted by Crippen LogP contribution is 2.34. The van der Waals surface area contributed by atoms with Crippen molar-refractivity contribution < 1.29 is 13.5 Å². The first-order valence-electron chi connectivity index (χ1n) is 8.52. The van der Waals surface area contributed by atoms with Gasteiger partial charge in [-0.3, -0.25) is 0 Å². The van der Waals surface area contributed by atoms with Crippen molar-refractivity contribution >= 4 is 5.69 Å². The van der Waals surface area contributed by atoms with Gasteiger partial charge in [0.1, 0.15) is 18.2 Å². The lowest BCUT2D eigenvalue weighted by Gasteiger charge is -2.25. The molecule has 0 saturated carbocycles. The molecule has 132 valence electrons. The molecule has 2 aromatic carbocycles. The van der Waals surface area contributed by atoms with Gasteiger partial charge in [0.05, 0.1) is 17.4 Å². The Kier molecular flexibility index (Phi) is 4.29. The van der Waals surface area contributed by atoms with Crippen LogP contribution < -0.4 is 10.1 Å². The molecule has 1 N–H and O–H groups in total. The van der Waals surface area contributed by atoms with Crippen LogP contribution >= 0.6 is 0 Å². The zero-order chi connectivity index (χ0) is 18.1. The number of ether oxygens (including phenoxy) is 1. The topological polar surface area (TPSA) is 34.1 Å². The molecule has 0 unspecified atom stereocenters. The van der Waals surface area contributed by atoms with Gasteiger partial charge in [-0.2, -0.15) is 0 Å². The van der Waals surface area contributed by atoms with Gasteiger partial charge in [0, 0.05) is 5.56 Å². The van der Waals surface area contributed by atoms with E-state index in [0.29, 0.717) is 18.9 Å². The number of fused-ring (bicyclic) bond motifs is 1. The summed E-state index contributed by atoms with van der Waals surface area (Å²) in [5.74, 6) is -0.0104. The van der Waals surface area contributed by atoms with Crippen LogP contribution in [0.4, 0.5) is 14.5 Å². The number of aromatic nitrogens is 1. The SMILES string of the molecule is C[C@H]1COc2nc(-c3ccc(F)cc3)c(Cc3ccc(F)cc3)cc2N1. The fraction of sp³-hybridized carbons (Fsp3) is 0.190. The molecule has 26 heavy (non-hydrogen) atoms. The fourth-order valence-corrected chi connectivity index (χ4v) is 3.08. The van der Waals surface area contributed by atoms with E-state index in [4.69, 9.17) is 4.74 Å². The van der Waals surface area contributed by atoms with E-state index in [1.54, 1.807) is 24.3 Å². The van der Waals surface area contributed by atoms with E-state index in [9.17, 15) is 8.78 Å². The summed E-state index contributed by atoms with van der Waals surface area (Å²) in [6, 6.07) is 14.9. The first kappa shape index (κ1) is 16.5. The number of nitrogens with zero attached hydrogens (tertiary/aromatic N) is 1. The molecule has 1 atom stereocenters. The first-order chi connectivity index (χ1) is 12.6. The minimum Gasteiger partial charge on any atom is -0.474 e. The Morgan fingerprint density at radius 3 is 2.38 bits per heavy atom. The molecule has 5 heteroatoms. The molecule has 1 aliphatic rings. The maximum absolute atomic E-state index is 13.3. The predicted octanol–water partition coefficient (Wildman–Crippen LogP) is 4.81. The minimum absolute atomic E-state index is 0.194. The Labute approximate surface area is 150 Å². The van der Waals surface area contributed by atoms with Gasteiger partial charge in [-0.05, 0) is 66.9 Å². The smallest absolute Gasteiger partial charge is 0.238 e. The van der Waals surface area contributed by atoms with Crippen LogP contribution in [-0.4, -0.2) is 17.6 Å². The summed E-state index contributed by atoms with van der Waals surface area (Å²) in [4.78, 5) is 4.68. The van der Waals surface area contributed by atoms with Crippen molar-refractivity contribution in [2.24, 2.45) is 0 Å². The van der Waals surface area contributed by atoms with Gasteiger partial charge in [-0.1, -0.05) is 12.1 Å². The van der Waals surface area contributed by atoms with Crippen LogP contribution in [0.5, 0.6) is 5.88 Å². The predicted molar refractivity (Wildman–Crippen MR) is 97.4 cm³/mol. The molecule has 2 heterocycles. The third-order valence-electron chi connectivity index (χ3n) is 4.36. The lowest BCUT2D eigenvalue weighted by molar-refractivity contribution is 0.280. The van der Waals surface area contributed by atoms with Crippen LogP contribution in [0.15, 0.2) is 54.6 Å². The van der Waals surface area contributed by atoms with Gasteiger partial charge in [0.25, 0.3) is 0 Å². The summed E-state index contributed by atoms with van der Waals surface area (Å²) >= 11 is 0. The fourth-order valence-electron chi connectivity index (χ4n) is 3.08. The summed E-state index contributed by atoms with van der Waals surface area (Å²) in [5, 5.41) is 3.38. The van der Waals surface area contributed by atoms with Gasteiger partial charge >= 0.3 is 0 Å². The number of rotatable bonds is 3. The third kappa shape index (κ3) is 3.38. The molecule has 0 fully saturated rings. The molecule has 0 aliphatic carbocycles. The molecule has 0 bridgehead atoms. The van der Waals surface area contributed by atoms with Gasteiger partial charge in [0.15, 0.2) is 0 Å². The molecule has 0 spiro atoms. The second kappa shape index (κ2) is 6.75. The first-order valence-corrected chi connectivity index (χ1v) is 8.52. The zero-order valence-corrected chi connectivity index (χ0v) is 14.3. The van der Waals surface area contributed by atoms with E-state index in [-0.39, 0.29) is 17.7 Å². The average molecular weight is 352 g/mol. The van der Waals surface area contributed by atoms with Crippen LogP contribution in [-0.2, 0) is 6.42 Å². The Balaban J connectivity index is 1.79. The molecule has 4 rings (SSSR count). The number of nitrogens with one attached hydrogen (secondary N) is 1. The van der Waals surface area contributed by atoms with Crippen LogP contribution in [0.2, 0.25) is 0 Å². The standard InChI is InChI=1S/C21H18F2N2O/c1-13-12-26-21-19(24-13)11-16(10-14-2-6-17(22)7-3-14)20(25-21)15-4-8-18(23)9-5-15/h2-9,11,13,24H,10,12H2,1H3/t13-/m0/s1. The van der Waals surface area contributed by atoms with E-state index in [1.165, 1.54) is 24.3 Å². The summed E-state index contributed by atoms with van der Waals surface area (Å²) < 4.78 is 32.3. The van der Waals surface area contributed by atoms with Crippen LogP contribution in [0.3, 0.4) is 0 Å². The van der Waals surface area contributed by atoms with Gasteiger partial charge in [-0.15, -0.1) is 0 Å². The van der Waals surface area contributed by atoms with E-state index in [2.05, 4.69) is 10.3 Å². The Morgan fingerprint density at radius 1 is 1.04 bits per heavy atom. The average Bonchev–Trinajstić information content (AvgIpc) is 2.64. The monoisotopic (exact) mass is 352 g/mol. The number of hydrogen-bond acceptors (Lipinski definition) is 3. The van der Waals surface area contributed by atoms with Crippen LogP contribution in [0.25, 0.3) is 11.3 Å². The van der Waals surface area contributed by atoms with E-state index in [0.717, 1.165) is 28.1 Å². The molecule has 3 nitrogen and oxygen atoms in total. The third-order valence-corrected chi connectivity index (χ3v) is 4.36. The van der Waals surface area contributed by atoms with Gasteiger partial charge < -0.3 is 10.1 Å². The maximum atomic E-state index is 13.3. The molecule has 0 amide bonds. The van der Waals surface area contributed by atoms with Crippen molar-refractivity contribution in [3.63, 3.8) is 0 Å². The molecule has 3 aromatic rings. The van der Waals surface area contributed by atoms with Gasteiger partial charge in [0.2, 0.25) is 5.88 Å². The highest BCUT2D eigenvalue weighted by molar-refractivity contribution is 5.70. The van der Waals surface area contributed by atoms with E-state index >= 15 is 0 Å². The van der Waals surface area contributed by atoms with Crippen molar-refractivity contribution in [2.45, 2.75) is 19.4 Å². The van der Waals surface area contributed by atoms with Crippen LogP contribution in [0, 0.1) is 11.6 Å². The molecule has 0 saturated heterocycles. The lowest BCUT2D eigenvalue weighted by Crippen LogP contribution is -2.29. The largest absolute Gasteiger partial charge is 0.474 e. The second-order valence-corrected chi connectivity index (χ2v) is 6.52. The molecular formula is C21H18F2N2O. The lowest BCUT2D eigenvalue weighted by atomic mass is 9.98. The summed E-state index contributed by atoms with van der Waals surface area (Å²) in [6.45, 7) is 2.58. The summed E-state index contributed by atoms with van der Waals surface area (Å²) in [7, 11) is 0. The van der Waals surface area contributed by atoms with Crippen molar-refractivity contribution in [2.75, 3.05) is 11.9 Å². The Hall–Kier alpha value is -2.95. The normalized spacial score (nSPS) is 15.7. The molecule has 1 aromatic heterocycles. The number of benzene rings is 2. The van der Waals surface area contributed by atoms with E-state index < -0.39 is 0 Å². The Morgan fingerprint density at radius 2 is 1.69 bits per heavy atom. The van der Waals surface area contributed by atoms with Crippen LogP contribution in [0.1, 0.15) is 18.1 Å².